The average Bonchev–Trinajstić information content (AvgIpc) is 3.61. The minimum atomic E-state index is 1.29. The third kappa shape index (κ3) is 3.77. The van der Waals surface area contributed by atoms with Gasteiger partial charge < -0.3 is 0 Å². The Balaban J connectivity index is 1.52. The Hall–Kier alpha value is -5.98. The highest BCUT2D eigenvalue weighted by Gasteiger charge is 2.28. The molecule has 0 aromatic heterocycles. The van der Waals surface area contributed by atoms with Gasteiger partial charge in [-0.2, -0.15) is 0 Å². The maximum atomic E-state index is 2.57. The van der Waals surface area contributed by atoms with Crippen molar-refractivity contribution in [2.75, 3.05) is 0 Å². The quantitative estimate of drug-likeness (QED) is 0.162. The van der Waals surface area contributed by atoms with E-state index >= 15 is 0 Å². The van der Waals surface area contributed by atoms with Crippen LogP contribution >= 0.6 is 0 Å². The van der Waals surface area contributed by atoms with Crippen molar-refractivity contribution in [3.63, 3.8) is 0 Å². The molecule has 0 bridgehead atoms. The van der Waals surface area contributed by atoms with Crippen LogP contribution in [0.25, 0.3) is 108 Å². The maximum Gasteiger partial charge on any atom is -0.000698 e. The van der Waals surface area contributed by atoms with Gasteiger partial charge in [-0.1, -0.05) is 114 Å². The molecule has 0 saturated carbocycles. The van der Waals surface area contributed by atoms with E-state index in [2.05, 4.69) is 163 Å². The molecule has 0 spiro atoms. The summed E-state index contributed by atoms with van der Waals surface area (Å²) in [6.45, 7) is 13.7. The van der Waals surface area contributed by atoms with Crippen LogP contribution in [0.5, 0.6) is 0 Å². The molecule has 0 atom stereocenters. The normalized spacial score (nSPS) is 12.4. The van der Waals surface area contributed by atoms with Gasteiger partial charge in [0, 0.05) is 0 Å². The molecule has 11 rings (SSSR count). The topological polar surface area (TPSA) is 0 Å². The number of rotatable bonds is 2. The van der Waals surface area contributed by atoms with E-state index in [-0.39, 0.29) is 0 Å². The lowest BCUT2D eigenvalue weighted by molar-refractivity contribution is 1.32. The fourth-order valence-corrected chi connectivity index (χ4v) is 10.5. The predicted molar refractivity (Wildman–Crippen MR) is 228 cm³/mol. The summed E-state index contributed by atoms with van der Waals surface area (Å²) in [7, 11) is 0. The van der Waals surface area contributed by atoms with Crippen LogP contribution in [0.15, 0.2) is 121 Å². The van der Waals surface area contributed by atoms with Crippen LogP contribution in [-0.4, -0.2) is 0 Å². The van der Waals surface area contributed by atoms with Crippen LogP contribution in [-0.2, 0) is 0 Å². The van der Waals surface area contributed by atoms with Crippen LogP contribution in [0.2, 0.25) is 0 Å². The van der Waals surface area contributed by atoms with Gasteiger partial charge >= 0.3 is 0 Å². The number of hydrogen-bond donors (Lipinski definition) is 0. The summed E-state index contributed by atoms with van der Waals surface area (Å²) < 4.78 is 0. The molecular formula is C52H38. The number of hydrogen-bond acceptors (Lipinski definition) is 0. The summed E-state index contributed by atoms with van der Waals surface area (Å²) in [5.41, 5.74) is 13.4. The van der Waals surface area contributed by atoms with E-state index < -0.39 is 0 Å². The second-order valence-corrected chi connectivity index (χ2v) is 15.6. The Morgan fingerprint density at radius 3 is 1.23 bits per heavy atom. The molecule has 0 heterocycles. The molecule has 11 aromatic carbocycles. The maximum absolute atomic E-state index is 2.57. The molecule has 0 saturated heterocycles. The zero-order chi connectivity index (χ0) is 35.2. The Bertz CT molecular complexity index is 3280. The Labute approximate surface area is 303 Å². The molecule has 0 amide bonds. The smallest absolute Gasteiger partial charge is 0.000698 e. The minimum absolute atomic E-state index is 1.29. The molecule has 0 unspecified atom stereocenters. The van der Waals surface area contributed by atoms with Gasteiger partial charge in [-0.25, -0.2) is 0 Å². The van der Waals surface area contributed by atoms with Crippen molar-refractivity contribution >= 4 is 86.2 Å². The number of aryl methyl sites for hydroxylation is 6. The molecule has 52 heavy (non-hydrogen) atoms. The molecule has 0 N–H and O–H groups in total. The average molecular weight is 663 g/mol. The molecule has 11 aromatic rings. The van der Waals surface area contributed by atoms with Crippen LogP contribution in [0.1, 0.15) is 33.4 Å². The van der Waals surface area contributed by atoms with Gasteiger partial charge in [-0.05, 0) is 190 Å². The van der Waals surface area contributed by atoms with Gasteiger partial charge in [0.25, 0.3) is 0 Å². The van der Waals surface area contributed by atoms with Crippen molar-refractivity contribution in [1.82, 2.24) is 0 Å². The molecule has 0 heteroatoms. The Kier molecular flexibility index (Phi) is 5.89. The standard InChI is InChI=1S/C52H38/c1-27-20-29(3)45(30(4)21-27)50-42-25-40-37-16-9-13-33-14-10-17-38(47(33)37)41(40)26-43(42)51(46-31(5)22-28(2)23-32(46)6)52-44-24-34-12-7-8-15-35(34)36-18-11-19-39(48(36)44)49(50)52/h7-26H,1-6H3. The largest absolute Gasteiger partial charge is 0.0616 e. The number of benzene rings is 9. The van der Waals surface area contributed by atoms with Gasteiger partial charge in [-0.3, -0.25) is 0 Å². The fraction of sp³-hybridized carbons (Fsp3) is 0.115. The molecule has 0 aliphatic heterocycles. The number of fused-ring (bicyclic) bond motifs is 9. The van der Waals surface area contributed by atoms with E-state index in [0.717, 1.165) is 0 Å². The molecule has 0 radical (unpaired) electrons. The van der Waals surface area contributed by atoms with Gasteiger partial charge in [0.05, 0.1) is 0 Å². The van der Waals surface area contributed by atoms with E-state index in [1.807, 2.05) is 0 Å². The summed E-state index contributed by atoms with van der Waals surface area (Å²) >= 11 is 0. The highest BCUT2D eigenvalue weighted by atomic mass is 14.3. The highest BCUT2D eigenvalue weighted by molar-refractivity contribution is 6.44. The van der Waals surface area contributed by atoms with Gasteiger partial charge in [0.15, 0.2) is 0 Å². The van der Waals surface area contributed by atoms with Gasteiger partial charge in [-0.15, -0.1) is 0 Å². The van der Waals surface area contributed by atoms with Crippen LogP contribution < -0.4 is 0 Å². The van der Waals surface area contributed by atoms with Crippen molar-refractivity contribution < 1.29 is 0 Å². The molecule has 0 aliphatic carbocycles. The SMILES string of the molecule is Cc1cc(C)c(-c2c3cc4c(cc3c(-c3c(C)cc(C)cc3C)c3c5cc6ccccc6c6cccc(c23)c65)c2cccc3cccc4c32)c(C)c1. The van der Waals surface area contributed by atoms with Crippen LogP contribution in [0, 0.1) is 41.5 Å². The predicted octanol–water partition coefficient (Wildman–Crippen LogP) is 15.0. The molecule has 0 aliphatic rings. The van der Waals surface area contributed by atoms with Crippen molar-refractivity contribution in [3.05, 3.63) is 155 Å². The van der Waals surface area contributed by atoms with Crippen molar-refractivity contribution in [1.29, 1.82) is 0 Å². The first-order valence-electron chi connectivity index (χ1n) is 18.6. The molecule has 0 nitrogen and oxygen atoms in total. The Morgan fingerprint density at radius 1 is 0.250 bits per heavy atom. The summed E-state index contributed by atoms with van der Waals surface area (Å²) in [6, 6.07) is 46.7. The first kappa shape index (κ1) is 29.7. The zero-order valence-electron chi connectivity index (χ0n) is 30.5. The second kappa shape index (κ2) is 10.3. The van der Waals surface area contributed by atoms with E-state index in [1.165, 1.54) is 142 Å². The highest BCUT2D eigenvalue weighted by Crippen LogP contribution is 2.55. The van der Waals surface area contributed by atoms with Crippen molar-refractivity contribution in [2.45, 2.75) is 41.5 Å². The molecule has 246 valence electrons. The summed E-state index contributed by atoms with van der Waals surface area (Å²) in [5.74, 6) is 0. The fourth-order valence-electron chi connectivity index (χ4n) is 10.5. The van der Waals surface area contributed by atoms with Gasteiger partial charge in [0.2, 0.25) is 0 Å². The first-order valence-corrected chi connectivity index (χ1v) is 18.6. The van der Waals surface area contributed by atoms with E-state index in [9.17, 15) is 0 Å². The minimum Gasteiger partial charge on any atom is -0.0616 e. The second-order valence-electron chi connectivity index (χ2n) is 15.6. The van der Waals surface area contributed by atoms with Crippen LogP contribution in [0.3, 0.4) is 0 Å². The zero-order valence-corrected chi connectivity index (χ0v) is 30.5. The lowest BCUT2D eigenvalue weighted by Crippen LogP contribution is -1.97. The van der Waals surface area contributed by atoms with Crippen molar-refractivity contribution in [2.24, 2.45) is 0 Å². The van der Waals surface area contributed by atoms with Crippen molar-refractivity contribution in [3.8, 4) is 22.3 Å². The summed E-state index contributed by atoms with van der Waals surface area (Å²) in [5, 5.41) is 21.5. The summed E-state index contributed by atoms with van der Waals surface area (Å²) in [6.07, 6.45) is 0. The van der Waals surface area contributed by atoms with Gasteiger partial charge in [0.1, 0.15) is 0 Å². The lowest BCUT2D eigenvalue weighted by atomic mass is 9.81. The monoisotopic (exact) mass is 662 g/mol. The van der Waals surface area contributed by atoms with E-state index in [4.69, 9.17) is 0 Å². The summed E-state index contributed by atoms with van der Waals surface area (Å²) in [4.78, 5) is 0. The van der Waals surface area contributed by atoms with E-state index in [0.29, 0.717) is 0 Å². The molecule has 0 fully saturated rings. The van der Waals surface area contributed by atoms with Crippen LogP contribution in [0.4, 0.5) is 0 Å². The third-order valence-corrected chi connectivity index (χ3v) is 12.2. The molecular weight excluding hydrogens is 625 g/mol. The van der Waals surface area contributed by atoms with E-state index in [1.54, 1.807) is 0 Å². The lowest BCUT2D eigenvalue weighted by Gasteiger charge is -2.22. The first-order chi connectivity index (χ1) is 25.3. The Morgan fingerprint density at radius 2 is 0.673 bits per heavy atom. The third-order valence-electron chi connectivity index (χ3n) is 12.2.